The maximum atomic E-state index is 6.04. The highest BCUT2D eigenvalue weighted by atomic mass is 35.5. The maximum Gasteiger partial charge on any atom is 0.321 e. The van der Waals surface area contributed by atoms with Gasteiger partial charge in [-0.1, -0.05) is 17.7 Å². The summed E-state index contributed by atoms with van der Waals surface area (Å²) in [5.41, 5.74) is 0.998. The van der Waals surface area contributed by atoms with Crippen molar-refractivity contribution in [3.05, 3.63) is 47.4 Å². The molecule has 1 aromatic carbocycles. The SMILES string of the molecule is Cc1cc(N2CC3CCC(C2)C3Nc2nc(Oc3cccc(Cl)c3)n(C)n2)ncn1. The van der Waals surface area contributed by atoms with Crippen molar-refractivity contribution < 1.29 is 4.74 Å². The number of anilines is 2. The summed E-state index contributed by atoms with van der Waals surface area (Å²) in [5.74, 6) is 3.31. The van der Waals surface area contributed by atoms with Gasteiger partial charge in [0.25, 0.3) is 0 Å². The Morgan fingerprint density at radius 2 is 1.93 bits per heavy atom. The first-order valence-electron chi connectivity index (χ1n) is 10.2. The smallest absolute Gasteiger partial charge is 0.321 e. The lowest BCUT2D eigenvalue weighted by atomic mass is 9.92. The van der Waals surface area contributed by atoms with E-state index in [-0.39, 0.29) is 0 Å². The molecule has 3 aromatic rings. The summed E-state index contributed by atoms with van der Waals surface area (Å²) in [4.78, 5) is 15.6. The number of rotatable bonds is 5. The molecule has 8 nitrogen and oxygen atoms in total. The second-order valence-electron chi connectivity index (χ2n) is 8.09. The van der Waals surface area contributed by atoms with Crippen LogP contribution in [0.4, 0.5) is 11.8 Å². The highest BCUT2D eigenvalue weighted by molar-refractivity contribution is 6.30. The van der Waals surface area contributed by atoms with Crippen LogP contribution in [0.15, 0.2) is 36.7 Å². The third-order valence-corrected chi connectivity index (χ3v) is 6.21. The van der Waals surface area contributed by atoms with Crippen LogP contribution in [0.1, 0.15) is 18.5 Å². The lowest BCUT2D eigenvalue weighted by Crippen LogP contribution is -2.48. The van der Waals surface area contributed by atoms with E-state index in [4.69, 9.17) is 16.3 Å². The Bertz CT molecular complexity index is 1040. The van der Waals surface area contributed by atoms with Gasteiger partial charge in [0.15, 0.2) is 0 Å². The first-order valence-corrected chi connectivity index (χ1v) is 10.6. The van der Waals surface area contributed by atoms with E-state index in [1.54, 1.807) is 17.1 Å². The van der Waals surface area contributed by atoms with Gasteiger partial charge in [0, 0.05) is 43.0 Å². The summed E-state index contributed by atoms with van der Waals surface area (Å²) in [6.07, 6.45) is 4.04. The molecule has 5 rings (SSSR count). The van der Waals surface area contributed by atoms with Gasteiger partial charge < -0.3 is 15.0 Å². The van der Waals surface area contributed by atoms with Gasteiger partial charge in [-0.3, -0.25) is 0 Å². The van der Waals surface area contributed by atoms with E-state index in [2.05, 4.69) is 36.3 Å². The predicted octanol–water partition coefficient (Wildman–Crippen LogP) is 3.69. The van der Waals surface area contributed by atoms with E-state index in [9.17, 15) is 0 Å². The van der Waals surface area contributed by atoms with Crippen LogP contribution in [0.25, 0.3) is 0 Å². The molecule has 3 heterocycles. The van der Waals surface area contributed by atoms with Crippen LogP contribution in [0.3, 0.4) is 0 Å². The minimum Gasteiger partial charge on any atom is -0.424 e. The average molecular weight is 426 g/mol. The monoisotopic (exact) mass is 425 g/mol. The number of aromatic nitrogens is 5. The Labute approximate surface area is 180 Å². The number of fused-ring (bicyclic) bond motifs is 2. The Balaban J connectivity index is 1.28. The second-order valence-corrected chi connectivity index (χ2v) is 8.53. The van der Waals surface area contributed by atoms with Crippen LogP contribution >= 0.6 is 11.6 Å². The number of nitrogens with zero attached hydrogens (tertiary/aromatic N) is 6. The van der Waals surface area contributed by atoms with Gasteiger partial charge in [-0.05, 0) is 49.8 Å². The van der Waals surface area contributed by atoms with Crippen molar-refractivity contribution >= 4 is 23.4 Å². The number of hydrogen-bond acceptors (Lipinski definition) is 7. The van der Waals surface area contributed by atoms with Gasteiger partial charge in [0.05, 0.1) is 0 Å². The summed E-state index contributed by atoms with van der Waals surface area (Å²) in [5, 5.41) is 8.71. The molecule has 1 N–H and O–H groups in total. The lowest BCUT2D eigenvalue weighted by Gasteiger charge is -2.38. The third kappa shape index (κ3) is 3.79. The standard InChI is InChI=1S/C21H24ClN7O/c1-13-8-18(24-12-23-13)29-10-14-6-7-15(11-29)19(14)25-20-26-21(28(2)27-20)30-17-5-3-4-16(22)9-17/h3-5,8-9,12,14-15,19H,6-7,10-11H2,1-2H3,(H,25,27). The van der Waals surface area contributed by atoms with E-state index >= 15 is 0 Å². The van der Waals surface area contributed by atoms with Crippen molar-refractivity contribution in [3.8, 4) is 11.8 Å². The number of hydrogen-bond donors (Lipinski definition) is 1. The van der Waals surface area contributed by atoms with E-state index in [1.807, 2.05) is 32.2 Å². The second kappa shape index (κ2) is 7.75. The molecule has 0 radical (unpaired) electrons. The maximum absolute atomic E-state index is 6.04. The fourth-order valence-electron chi connectivity index (χ4n) is 4.56. The van der Waals surface area contributed by atoms with Gasteiger partial charge in [-0.25, -0.2) is 14.6 Å². The molecule has 1 aliphatic carbocycles. The fourth-order valence-corrected chi connectivity index (χ4v) is 4.74. The number of benzene rings is 1. The summed E-state index contributed by atoms with van der Waals surface area (Å²) >= 11 is 6.04. The Kier molecular flexibility index (Phi) is 4.94. The Morgan fingerprint density at radius 3 is 2.67 bits per heavy atom. The zero-order chi connectivity index (χ0) is 20.7. The molecule has 1 saturated carbocycles. The van der Waals surface area contributed by atoms with E-state index in [0.717, 1.165) is 24.6 Å². The molecule has 1 saturated heterocycles. The van der Waals surface area contributed by atoms with Crippen molar-refractivity contribution in [2.24, 2.45) is 18.9 Å². The quantitative estimate of drug-likeness (QED) is 0.667. The zero-order valence-corrected chi connectivity index (χ0v) is 17.8. The summed E-state index contributed by atoms with van der Waals surface area (Å²) < 4.78 is 7.50. The average Bonchev–Trinajstić information content (AvgIpc) is 3.16. The van der Waals surface area contributed by atoms with E-state index in [1.165, 1.54) is 12.8 Å². The van der Waals surface area contributed by atoms with Gasteiger partial charge in [-0.2, -0.15) is 4.98 Å². The number of ether oxygens (including phenoxy) is 1. The van der Waals surface area contributed by atoms with Crippen molar-refractivity contribution in [2.45, 2.75) is 25.8 Å². The van der Waals surface area contributed by atoms with Gasteiger partial charge in [0.1, 0.15) is 17.9 Å². The van der Waals surface area contributed by atoms with Crippen molar-refractivity contribution in [2.75, 3.05) is 23.3 Å². The fraction of sp³-hybridized carbons (Fsp3) is 0.429. The van der Waals surface area contributed by atoms with Crippen molar-refractivity contribution in [3.63, 3.8) is 0 Å². The highest BCUT2D eigenvalue weighted by Gasteiger charge is 2.43. The van der Waals surface area contributed by atoms with Crippen LogP contribution in [0, 0.1) is 18.8 Å². The number of halogens is 1. The van der Waals surface area contributed by atoms with Crippen molar-refractivity contribution in [1.82, 2.24) is 24.7 Å². The largest absolute Gasteiger partial charge is 0.424 e. The highest BCUT2D eigenvalue weighted by Crippen LogP contribution is 2.39. The zero-order valence-electron chi connectivity index (χ0n) is 17.0. The first-order chi connectivity index (χ1) is 14.5. The summed E-state index contributed by atoms with van der Waals surface area (Å²) in [7, 11) is 1.83. The van der Waals surface area contributed by atoms with Crippen molar-refractivity contribution in [1.29, 1.82) is 0 Å². The number of piperidine rings is 1. The minimum absolute atomic E-state index is 0.352. The Morgan fingerprint density at radius 1 is 1.13 bits per heavy atom. The molecule has 2 unspecified atom stereocenters. The van der Waals surface area contributed by atoms with Crippen LogP contribution < -0.4 is 15.0 Å². The molecular weight excluding hydrogens is 402 g/mol. The van der Waals surface area contributed by atoms with Gasteiger partial charge in [-0.15, -0.1) is 5.10 Å². The molecular formula is C21H24ClN7O. The molecule has 0 amide bonds. The molecule has 30 heavy (non-hydrogen) atoms. The normalized spacial score (nSPS) is 22.9. The Hall–Kier alpha value is -2.87. The lowest BCUT2D eigenvalue weighted by molar-refractivity contribution is 0.374. The topological polar surface area (TPSA) is 81.0 Å². The molecule has 2 atom stereocenters. The summed E-state index contributed by atoms with van der Waals surface area (Å²) in [6, 6.07) is 10.1. The van der Waals surface area contributed by atoms with Crippen LogP contribution in [0.2, 0.25) is 5.02 Å². The number of nitrogens with one attached hydrogen (secondary N) is 1. The first kappa shape index (κ1) is 19.1. The molecule has 2 bridgehead atoms. The van der Waals surface area contributed by atoms with Crippen LogP contribution in [-0.2, 0) is 7.05 Å². The predicted molar refractivity (Wildman–Crippen MR) is 115 cm³/mol. The molecule has 2 fully saturated rings. The van der Waals surface area contributed by atoms with Gasteiger partial charge in [0.2, 0.25) is 5.95 Å². The molecule has 156 valence electrons. The molecule has 2 aliphatic rings. The molecule has 9 heteroatoms. The van der Waals surface area contributed by atoms with Crippen LogP contribution in [0.5, 0.6) is 11.8 Å². The van der Waals surface area contributed by atoms with Gasteiger partial charge >= 0.3 is 6.01 Å². The van der Waals surface area contributed by atoms with Crippen LogP contribution in [-0.4, -0.2) is 43.9 Å². The van der Waals surface area contributed by atoms with E-state index in [0.29, 0.717) is 40.6 Å². The number of aryl methyl sites for hydroxylation is 2. The molecule has 0 spiro atoms. The summed E-state index contributed by atoms with van der Waals surface area (Å²) in [6.45, 7) is 3.95. The van der Waals surface area contributed by atoms with E-state index < -0.39 is 0 Å². The third-order valence-electron chi connectivity index (χ3n) is 5.97. The molecule has 1 aliphatic heterocycles. The molecule has 2 aromatic heterocycles. The minimum atomic E-state index is 0.352.